The number of halogens is 1. The molecule has 0 bridgehead atoms. The molecule has 100 valence electrons. The van der Waals surface area contributed by atoms with Crippen LogP contribution in [0.1, 0.15) is 16.7 Å². The van der Waals surface area contributed by atoms with Crippen molar-refractivity contribution in [3.05, 3.63) is 57.6 Å². The Labute approximate surface area is 127 Å². The highest BCUT2D eigenvalue weighted by Gasteiger charge is 2.04. The van der Waals surface area contributed by atoms with Crippen molar-refractivity contribution in [1.82, 2.24) is 0 Å². The van der Waals surface area contributed by atoms with Gasteiger partial charge in [0.15, 0.2) is 0 Å². The smallest absolute Gasteiger partial charge is 0.119 e. The Morgan fingerprint density at radius 2 is 1.84 bits per heavy atom. The average Bonchev–Trinajstić information content (AvgIpc) is 2.41. The van der Waals surface area contributed by atoms with E-state index in [4.69, 9.17) is 4.74 Å². The molecule has 0 aliphatic heterocycles. The number of hydrogen-bond donors (Lipinski definition) is 0. The molecule has 3 heteroatoms. The van der Waals surface area contributed by atoms with Gasteiger partial charge in [-0.05, 0) is 60.9 Å². The van der Waals surface area contributed by atoms with Gasteiger partial charge >= 0.3 is 0 Å². The number of methoxy groups -OCH3 is 1. The van der Waals surface area contributed by atoms with Crippen LogP contribution in [0.5, 0.6) is 5.75 Å². The van der Waals surface area contributed by atoms with Crippen molar-refractivity contribution < 1.29 is 4.74 Å². The monoisotopic (exact) mass is 336 g/mol. The average molecular weight is 337 g/mol. The zero-order valence-electron chi connectivity index (χ0n) is 11.4. The molecule has 19 heavy (non-hydrogen) atoms. The molecule has 0 N–H and O–H groups in total. The van der Waals surface area contributed by atoms with Gasteiger partial charge in [0.25, 0.3) is 0 Å². The minimum Gasteiger partial charge on any atom is -0.497 e. The van der Waals surface area contributed by atoms with Crippen molar-refractivity contribution in [3.63, 3.8) is 0 Å². The normalized spacial score (nSPS) is 10.5. The molecular weight excluding hydrogens is 320 g/mol. The van der Waals surface area contributed by atoms with Crippen molar-refractivity contribution in [2.75, 3.05) is 7.11 Å². The van der Waals surface area contributed by atoms with E-state index in [1.807, 2.05) is 23.9 Å². The third-order valence-electron chi connectivity index (χ3n) is 3.13. The van der Waals surface area contributed by atoms with E-state index in [0.717, 1.165) is 16.0 Å². The first-order valence-electron chi connectivity index (χ1n) is 6.12. The maximum atomic E-state index is 5.27. The second-order valence-electron chi connectivity index (χ2n) is 4.49. The molecule has 0 aromatic heterocycles. The van der Waals surface area contributed by atoms with Crippen LogP contribution in [-0.2, 0) is 5.75 Å². The van der Waals surface area contributed by atoms with E-state index in [2.05, 4.69) is 54.0 Å². The number of rotatable bonds is 4. The molecule has 0 aliphatic rings. The zero-order valence-corrected chi connectivity index (χ0v) is 13.8. The maximum absolute atomic E-state index is 5.27. The lowest BCUT2D eigenvalue weighted by molar-refractivity contribution is 0.414. The minimum absolute atomic E-state index is 0.902. The summed E-state index contributed by atoms with van der Waals surface area (Å²) in [5, 5.41) is 0. The summed E-state index contributed by atoms with van der Waals surface area (Å²) in [6.45, 7) is 4.29. The minimum atomic E-state index is 0.902. The summed E-state index contributed by atoms with van der Waals surface area (Å²) in [6, 6.07) is 12.7. The first kappa shape index (κ1) is 14.5. The fourth-order valence-electron chi connectivity index (χ4n) is 1.75. The first-order chi connectivity index (χ1) is 9.10. The molecule has 0 fully saturated rings. The fourth-order valence-corrected chi connectivity index (χ4v) is 3.31. The molecule has 0 amide bonds. The van der Waals surface area contributed by atoms with Gasteiger partial charge in [-0.3, -0.25) is 0 Å². The van der Waals surface area contributed by atoms with Gasteiger partial charge in [0, 0.05) is 15.1 Å². The summed E-state index contributed by atoms with van der Waals surface area (Å²) in [4.78, 5) is 1.30. The van der Waals surface area contributed by atoms with E-state index in [9.17, 15) is 0 Å². The van der Waals surface area contributed by atoms with Gasteiger partial charge in [0.2, 0.25) is 0 Å². The third kappa shape index (κ3) is 3.77. The van der Waals surface area contributed by atoms with Crippen molar-refractivity contribution in [3.8, 4) is 5.75 Å². The van der Waals surface area contributed by atoms with Crippen LogP contribution in [0, 0.1) is 13.8 Å². The van der Waals surface area contributed by atoms with Gasteiger partial charge in [-0.25, -0.2) is 0 Å². The molecule has 0 saturated carbocycles. The lowest BCUT2D eigenvalue weighted by Crippen LogP contribution is -1.88. The highest BCUT2D eigenvalue weighted by Crippen LogP contribution is 2.30. The SMILES string of the molecule is COc1ccc(Br)c(CSc2ccc(C)c(C)c2)c1. The van der Waals surface area contributed by atoms with Crippen LogP contribution in [0.4, 0.5) is 0 Å². The lowest BCUT2D eigenvalue weighted by Gasteiger charge is -2.08. The van der Waals surface area contributed by atoms with E-state index >= 15 is 0 Å². The second kappa shape index (κ2) is 6.49. The summed E-state index contributed by atoms with van der Waals surface area (Å²) in [5.41, 5.74) is 3.93. The van der Waals surface area contributed by atoms with Crippen molar-refractivity contribution >= 4 is 27.7 Å². The van der Waals surface area contributed by atoms with Crippen molar-refractivity contribution in [2.24, 2.45) is 0 Å². The van der Waals surface area contributed by atoms with E-state index in [0.29, 0.717) is 0 Å². The summed E-state index contributed by atoms with van der Waals surface area (Å²) in [5.74, 6) is 1.83. The van der Waals surface area contributed by atoms with E-state index < -0.39 is 0 Å². The first-order valence-corrected chi connectivity index (χ1v) is 7.90. The van der Waals surface area contributed by atoms with Gasteiger partial charge in [0.1, 0.15) is 5.75 Å². The molecule has 0 atom stereocenters. The maximum Gasteiger partial charge on any atom is 0.119 e. The topological polar surface area (TPSA) is 9.23 Å². The predicted octanol–water partition coefficient (Wildman–Crippen LogP) is 5.37. The van der Waals surface area contributed by atoms with E-state index in [1.165, 1.54) is 21.6 Å². The quantitative estimate of drug-likeness (QED) is 0.694. The Kier molecular flexibility index (Phi) is 4.94. The Hall–Kier alpha value is -0.930. The molecule has 0 unspecified atom stereocenters. The number of benzene rings is 2. The van der Waals surface area contributed by atoms with Gasteiger partial charge in [-0.1, -0.05) is 22.0 Å². The molecule has 2 aromatic carbocycles. The second-order valence-corrected chi connectivity index (χ2v) is 6.40. The van der Waals surface area contributed by atoms with E-state index in [1.54, 1.807) is 7.11 Å². The predicted molar refractivity (Wildman–Crippen MR) is 86.2 cm³/mol. The number of ether oxygens (including phenoxy) is 1. The van der Waals surface area contributed by atoms with Crippen LogP contribution in [0.15, 0.2) is 45.8 Å². The molecular formula is C16H17BrOS. The Morgan fingerprint density at radius 1 is 1.05 bits per heavy atom. The molecule has 0 spiro atoms. The highest BCUT2D eigenvalue weighted by molar-refractivity contribution is 9.10. The number of thioether (sulfide) groups is 1. The van der Waals surface area contributed by atoms with Gasteiger partial charge in [-0.15, -0.1) is 11.8 Å². The standard InChI is InChI=1S/C16H17BrOS/c1-11-4-6-15(8-12(11)2)19-10-13-9-14(18-3)5-7-16(13)17/h4-9H,10H2,1-3H3. The van der Waals surface area contributed by atoms with Crippen LogP contribution < -0.4 is 4.74 Å². The van der Waals surface area contributed by atoms with Crippen molar-refractivity contribution in [1.29, 1.82) is 0 Å². The number of hydrogen-bond acceptors (Lipinski definition) is 2. The van der Waals surface area contributed by atoms with Crippen LogP contribution in [0.3, 0.4) is 0 Å². The molecule has 2 aromatic rings. The molecule has 0 aliphatic carbocycles. The Balaban J connectivity index is 2.11. The summed E-state index contributed by atoms with van der Waals surface area (Å²) in [6.07, 6.45) is 0. The molecule has 0 radical (unpaired) electrons. The van der Waals surface area contributed by atoms with Crippen LogP contribution in [0.25, 0.3) is 0 Å². The third-order valence-corrected chi connectivity index (χ3v) is 4.94. The van der Waals surface area contributed by atoms with Gasteiger partial charge < -0.3 is 4.74 Å². The molecule has 0 saturated heterocycles. The zero-order chi connectivity index (χ0) is 13.8. The summed E-state index contributed by atoms with van der Waals surface area (Å²) in [7, 11) is 1.70. The summed E-state index contributed by atoms with van der Waals surface area (Å²) < 4.78 is 6.40. The molecule has 1 nitrogen and oxygen atoms in total. The van der Waals surface area contributed by atoms with E-state index in [-0.39, 0.29) is 0 Å². The Morgan fingerprint density at radius 3 is 2.53 bits per heavy atom. The lowest BCUT2D eigenvalue weighted by atomic mass is 10.1. The Bertz CT molecular complexity index is 581. The van der Waals surface area contributed by atoms with Gasteiger partial charge in [-0.2, -0.15) is 0 Å². The number of aryl methyl sites for hydroxylation is 2. The van der Waals surface area contributed by atoms with Crippen LogP contribution in [0.2, 0.25) is 0 Å². The largest absolute Gasteiger partial charge is 0.497 e. The highest BCUT2D eigenvalue weighted by atomic mass is 79.9. The van der Waals surface area contributed by atoms with Crippen LogP contribution >= 0.6 is 27.7 Å². The van der Waals surface area contributed by atoms with Crippen molar-refractivity contribution in [2.45, 2.75) is 24.5 Å². The summed E-state index contributed by atoms with van der Waals surface area (Å²) >= 11 is 5.43. The fraction of sp³-hybridized carbons (Fsp3) is 0.250. The van der Waals surface area contributed by atoms with Gasteiger partial charge in [0.05, 0.1) is 7.11 Å². The molecule has 2 rings (SSSR count). The van der Waals surface area contributed by atoms with Crippen LogP contribution in [-0.4, -0.2) is 7.11 Å². The molecule has 0 heterocycles.